The van der Waals surface area contributed by atoms with Crippen LogP contribution < -0.4 is 0 Å². The highest BCUT2D eigenvalue weighted by Crippen LogP contribution is 2.23. The molecule has 1 aliphatic carbocycles. The Labute approximate surface area is 86.7 Å². The van der Waals surface area contributed by atoms with E-state index in [1.165, 1.54) is 25.7 Å². The van der Waals surface area contributed by atoms with Crippen molar-refractivity contribution in [1.29, 1.82) is 0 Å². The topological polar surface area (TPSA) is 43.7 Å². The average molecular weight is 201 g/mol. The molecule has 2 unspecified atom stereocenters. The molecule has 0 radical (unpaired) electrons. The second kappa shape index (κ2) is 5.69. The largest absolute Gasteiger partial charge is 0.392 e. The number of hydrogen-bond donors (Lipinski definition) is 2. The van der Waals surface area contributed by atoms with Gasteiger partial charge in [0, 0.05) is 19.1 Å². The average Bonchev–Trinajstić information content (AvgIpc) is 2.52. The molecular formula is C11H23NO2. The summed E-state index contributed by atoms with van der Waals surface area (Å²) in [7, 11) is 0. The Balaban J connectivity index is 2.42. The molecule has 1 fully saturated rings. The van der Waals surface area contributed by atoms with Crippen LogP contribution in [0.1, 0.15) is 39.5 Å². The molecule has 84 valence electrons. The lowest BCUT2D eigenvalue weighted by atomic mass is 10.1. The van der Waals surface area contributed by atoms with E-state index in [4.69, 9.17) is 0 Å². The van der Waals surface area contributed by atoms with E-state index in [-0.39, 0.29) is 12.2 Å². The maximum atomic E-state index is 9.37. The molecule has 3 heteroatoms. The quantitative estimate of drug-likeness (QED) is 0.697. The summed E-state index contributed by atoms with van der Waals surface area (Å²) in [5.41, 5.74) is 0. The van der Waals surface area contributed by atoms with E-state index < -0.39 is 0 Å². The summed E-state index contributed by atoms with van der Waals surface area (Å²) < 4.78 is 0. The highest BCUT2D eigenvalue weighted by molar-refractivity contribution is 4.79. The molecule has 0 aromatic heterocycles. The zero-order chi connectivity index (χ0) is 10.6. The Bertz CT molecular complexity index is 143. The van der Waals surface area contributed by atoms with Crippen LogP contribution in [-0.4, -0.2) is 46.5 Å². The molecule has 1 aliphatic rings. The maximum absolute atomic E-state index is 9.37. The van der Waals surface area contributed by atoms with E-state index >= 15 is 0 Å². The molecule has 0 aromatic carbocycles. The van der Waals surface area contributed by atoms with Gasteiger partial charge in [0.05, 0.1) is 12.2 Å². The molecule has 2 N–H and O–H groups in total. The van der Waals surface area contributed by atoms with Gasteiger partial charge in [0.2, 0.25) is 0 Å². The first kappa shape index (κ1) is 12.0. The Morgan fingerprint density at radius 2 is 1.50 bits per heavy atom. The standard InChI is InChI=1S/C11H23NO2/c1-9(13)7-12(8-10(2)14)11-5-3-4-6-11/h9-11,13-14H,3-8H2,1-2H3. The second-order valence-corrected chi connectivity index (χ2v) is 4.59. The van der Waals surface area contributed by atoms with E-state index in [0.29, 0.717) is 19.1 Å². The third kappa shape index (κ3) is 3.95. The van der Waals surface area contributed by atoms with Gasteiger partial charge in [0.15, 0.2) is 0 Å². The van der Waals surface area contributed by atoms with E-state index in [2.05, 4.69) is 4.90 Å². The molecule has 2 atom stereocenters. The molecule has 0 bridgehead atoms. The molecule has 0 heterocycles. The lowest BCUT2D eigenvalue weighted by Gasteiger charge is -2.30. The molecule has 0 amide bonds. The summed E-state index contributed by atoms with van der Waals surface area (Å²) in [4.78, 5) is 2.24. The summed E-state index contributed by atoms with van der Waals surface area (Å²) >= 11 is 0. The molecule has 3 nitrogen and oxygen atoms in total. The molecule has 0 aromatic rings. The fourth-order valence-corrected chi connectivity index (χ4v) is 2.32. The van der Waals surface area contributed by atoms with Crippen LogP contribution in [0.15, 0.2) is 0 Å². The molecule has 0 aliphatic heterocycles. The minimum Gasteiger partial charge on any atom is -0.392 e. The van der Waals surface area contributed by atoms with Gasteiger partial charge >= 0.3 is 0 Å². The Morgan fingerprint density at radius 3 is 1.86 bits per heavy atom. The van der Waals surface area contributed by atoms with Gasteiger partial charge < -0.3 is 10.2 Å². The minimum absolute atomic E-state index is 0.297. The van der Waals surface area contributed by atoms with Crippen molar-refractivity contribution in [3.05, 3.63) is 0 Å². The van der Waals surface area contributed by atoms with E-state index in [9.17, 15) is 10.2 Å². The SMILES string of the molecule is CC(O)CN(CC(C)O)C1CCCC1. The third-order valence-corrected chi connectivity index (χ3v) is 2.84. The zero-order valence-corrected chi connectivity index (χ0v) is 9.32. The van der Waals surface area contributed by atoms with Crippen molar-refractivity contribution in [1.82, 2.24) is 4.90 Å². The summed E-state index contributed by atoms with van der Waals surface area (Å²) in [6.45, 7) is 5.00. The number of nitrogens with zero attached hydrogens (tertiary/aromatic N) is 1. The van der Waals surface area contributed by atoms with Crippen molar-refractivity contribution in [2.45, 2.75) is 57.8 Å². The lowest BCUT2D eigenvalue weighted by Crippen LogP contribution is -2.42. The first-order chi connectivity index (χ1) is 6.59. The molecule has 1 rings (SSSR count). The first-order valence-corrected chi connectivity index (χ1v) is 5.69. The van der Waals surface area contributed by atoms with Crippen molar-refractivity contribution in [2.24, 2.45) is 0 Å². The smallest absolute Gasteiger partial charge is 0.0639 e. The van der Waals surface area contributed by atoms with Gasteiger partial charge in [0.25, 0.3) is 0 Å². The van der Waals surface area contributed by atoms with Crippen LogP contribution >= 0.6 is 0 Å². The van der Waals surface area contributed by atoms with E-state index in [1.807, 2.05) is 13.8 Å². The number of hydrogen-bond acceptors (Lipinski definition) is 3. The predicted octanol–water partition coefficient (Wildman–Crippen LogP) is 0.993. The summed E-state index contributed by atoms with van der Waals surface area (Å²) in [5.74, 6) is 0. The van der Waals surface area contributed by atoms with Gasteiger partial charge in [-0.25, -0.2) is 0 Å². The lowest BCUT2D eigenvalue weighted by molar-refractivity contribution is 0.0585. The van der Waals surface area contributed by atoms with Gasteiger partial charge in [-0.15, -0.1) is 0 Å². The zero-order valence-electron chi connectivity index (χ0n) is 9.32. The van der Waals surface area contributed by atoms with Gasteiger partial charge in [-0.05, 0) is 26.7 Å². The van der Waals surface area contributed by atoms with Crippen molar-refractivity contribution >= 4 is 0 Å². The number of aliphatic hydroxyl groups is 2. The van der Waals surface area contributed by atoms with Gasteiger partial charge in [-0.2, -0.15) is 0 Å². The summed E-state index contributed by atoms with van der Waals surface area (Å²) in [5, 5.41) is 18.7. The first-order valence-electron chi connectivity index (χ1n) is 5.69. The monoisotopic (exact) mass is 201 g/mol. The molecular weight excluding hydrogens is 178 g/mol. The molecule has 1 saturated carbocycles. The third-order valence-electron chi connectivity index (χ3n) is 2.84. The van der Waals surface area contributed by atoms with Crippen LogP contribution in [0, 0.1) is 0 Å². The van der Waals surface area contributed by atoms with E-state index in [1.54, 1.807) is 0 Å². The number of rotatable bonds is 5. The molecule has 0 saturated heterocycles. The van der Waals surface area contributed by atoms with Crippen LogP contribution in [0.4, 0.5) is 0 Å². The summed E-state index contributed by atoms with van der Waals surface area (Å²) in [6, 6.07) is 0.583. The van der Waals surface area contributed by atoms with Crippen LogP contribution in [0.25, 0.3) is 0 Å². The fraction of sp³-hybridized carbons (Fsp3) is 1.00. The Morgan fingerprint density at radius 1 is 1.07 bits per heavy atom. The maximum Gasteiger partial charge on any atom is 0.0639 e. The second-order valence-electron chi connectivity index (χ2n) is 4.59. The number of aliphatic hydroxyl groups excluding tert-OH is 2. The van der Waals surface area contributed by atoms with Crippen LogP contribution in [0.3, 0.4) is 0 Å². The van der Waals surface area contributed by atoms with Crippen molar-refractivity contribution < 1.29 is 10.2 Å². The normalized spacial score (nSPS) is 22.9. The Hall–Kier alpha value is -0.120. The summed E-state index contributed by atoms with van der Waals surface area (Å²) in [6.07, 6.45) is 4.43. The highest BCUT2D eigenvalue weighted by atomic mass is 16.3. The van der Waals surface area contributed by atoms with Crippen LogP contribution in [0.5, 0.6) is 0 Å². The predicted molar refractivity (Wildman–Crippen MR) is 57.2 cm³/mol. The van der Waals surface area contributed by atoms with Gasteiger partial charge in [-0.1, -0.05) is 12.8 Å². The van der Waals surface area contributed by atoms with Crippen molar-refractivity contribution in [3.8, 4) is 0 Å². The van der Waals surface area contributed by atoms with Crippen molar-refractivity contribution in [2.75, 3.05) is 13.1 Å². The fourth-order valence-electron chi connectivity index (χ4n) is 2.32. The van der Waals surface area contributed by atoms with Crippen molar-refractivity contribution in [3.63, 3.8) is 0 Å². The van der Waals surface area contributed by atoms with E-state index in [0.717, 1.165) is 0 Å². The molecule has 14 heavy (non-hydrogen) atoms. The highest BCUT2D eigenvalue weighted by Gasteiger charge is 2.24. The van der Waals surface area contributed by atoms with Gasteiger partial charge in [-0.3, -0.25) is 4.90 Å². The Kier molecular flexibility index (Phi) is 4.85. The van der Waals surface area contributed by atoms with Crippen LogP contribution in [0.2, 0.25) is 0 Å². The van der Waals surface area contributed by atoms with Crippen LogP contribution in [-0.2, 0) is 0 Å². The van der Waals surface area contributed by atoms with Gasteiger partial charge in [0.1, 0.15) is 0 Å². The minimum atomic E-state index is -0.297. The molecule has 0 spiro atoms.